The zero-order chi connectivity index (χ0) is 20.6. The lowest BCUT2D eigenvalue weighted by Gasteiger charge is -2.36. The minimum Gasteiger partial charge on any atom is -0.483 e. The van der Waals surface area contributed by atoms with Crippen LogP contribution in [0.3, 0.4) is 0 Å². The molecule has 3 aromatic heterocycles. The second kappa shape index (κ2) is 9.49. The van der Waals surface area contributed by atoms with E-state index in [1.807, 2.05) is 31.3 Å². The number of amides is 1. The SMILES string of the molecule is CCC(=O)Nc1ccc(N2CCN(c3ncnc4[nH]ccc34)CC2)nc1.O=CO. The number of fused-ring (bicyclic) bond motifs is 1. The number of anilines is 3. The van der Waals surface area contributed by atoms with Crippen LogP contribution in [0.1, 0.15) is 13.3 Å². The van der Waals surface area contributed by atoms with Crippen LogP contribution in [-0.4, -0.2) is 63.6 Å². The maximum atomic E-state index is 11.4. The molecule has 29 heavy (non-hydrogen) atoms. The van der Waals surface area contributed by atoms with Crippen LogP contribution in [0.5, 0.6) is 0 Å². The standard InChI is InChI=1S/C18H21N7O.CH2O2/c1-2-16(26)23-13-3-4-15(20-11-13)24-7-9-25(10-8-24)18-14-5-6-19-17(14)21-12-22-18;2-1-3/h3-6,11-12H,2,7-10H2,1H3,(H,23,26)(H,19,21,22);1H,(H,2,3). The van der Waals surface area contributed by atoms with Crippen molar-refractivity contribution in [3.8, 4) is 0 Å². The maximum Gasteiger partial charge on any atom is 0.290 e. The van der Waals surface area contributed by atoms with Gasteiger partial charge >= 0.3 is 0 Å². The quantitative estimate of drug-likeness (QED) is 0.568. The van der Waals surface area contributed by atoms with Gasteiger partial charge in [0.05, 0.1) is 17.3 Å². The first-order chi connectivity index (χ1) is 14.2. The Balaban J connectivity index is 0.000000755. The molecule has 10 heteroatoms. The van der Waals surface area contributed by atoms with Gasteiger partial charge in [-0.25, -0.2) is 15.0 Å². The largest absolute Gasteiger partial charge is 0.483 e. The van der Waals surface area contributed by atoms with E-state index in [2.05, 4.69) is 35.1 Å². The lowest BCUT2D eigenvalue weighted by Crippen LogP contribution is -2.47. The summed E-state index contributed by atoms with van der Waals surface area (Å²) in [5, 5.41) is 10.8. The second-order valence-corrected chi connectivity index (χ2v) is 6.32. The summed E-state index contributed by atoms with van der Waals surface area (Å²) in [6.45, 7) is 5.04. The minimum atomic E-state index is -0.250. The van der Waals surface area contributed by atoms with Gasteiger partial charge in [-0.1, -0.05) is 6.92 Å². The number of piperazine rings is 1. The summed E-state index contributed by atoms with van der Waals surface area (Å²) in [4.78, 5) is 40.7. The number of aromatic amines is 1. The molecule has 1 saturated heterocycles. The maximum absolute atomic E-state index is 11.4. The summed E-state index contributed by atoms with van der Waals surface area (Å²) in [7, 11) is 0. The molecule has 1 aliphatic rings. The summed E-state index contributed by atoms with van der Waals surface area (Å²) in [6.07, 6.45) is 5.66. The number of hydrogen-bond acceptors (Lipinski definition) is 7. The molecule has 10 nitrogen and oxygen atoms in total. The molecular formula is C19H23N7O3. The molecule has 3 N–H and O–H groups in total. The Bertz CT molecular complexity index is 950. The van der Waals surface area contributed by atoms with E-state index in [1.54, 1.807) is 12.5 Å². The van der Waals surface area contributed by atoms with Crippen molar-refractivity contribution in [3.05, 3.63) is 36.9 Å². The number of carboxylic acid groups (broad SMARTS) is 1. The zero-order valence-corrected chi connectivity index (χ0v) is 16.1. The van der Waals surface area contributed by atoms with Crippen molar-refractivity contribution in [2.24, 2.45) is 0 Å². The van der Waals surface area contributed by atoms with E-state index in [9.17, 15) is 4.79 Å². The number of hydrogen-bond donors (Lipinski definition) is 3. The van der Waals surface area contributed by atoms with Crippen LogP contribution in [0.25, 0.3) is 11.0 Å². The number of nitrogens with zero attached hydrogens (tertiary/aromatic N) is 5. The summed E-state index contributed by atoms with van der Waals surface area (Å²) in [6, 6.07) is 5.87. The van der Waals surface area contributed by atoms with Gasteiger partial charge in [0.1, 0.15) is 23.6 Å². The molecule has 3 aromatic rings. The molecule has 0 unspecified atom stereocenters. The van der Waals surface area contributed by atoms with Crippen molar-refractivity contribution >= 4 is 40.7 Å². The van der Waals surface area contributed by atoms with Crippen LogP contribution >= 0.6 is 0 Å². The third kappa shape index (κ3) is 4.78. The molecule has 1 fully saturated rings. The van der Waals surface area contributed by atoms with E-state index in [-0.39, 0.29) is 12.4 Å². The van der Waals surface area contributed by atoms with E-state index >= 15 is 0 Å². The highest BCUT2D eigenvalue weighted by atomic mass is 16.3. The molecule has 4 rings (SSSR count). The third-order valence-corrected chi connectivity index (χ3v) is 4.59. The van der Waals surface area contributed by atoms with Gasteiger partial charge in [0, 0.05) is 38.8 Å². The monoisotopic (exact) mass is 397 g/mol. The van der Waals surface area contributed by atoms with Crippen LogP contribution in [0, 0.1) is 0 Å². The van der Waals surface area contributed by atoms with Gasteiger partial charge in [-0.05, 0) is 18.2 Å². The Morgan fingerprint density at radius 2 is 1.90 bits per heavy atom. The van der Waals surface area contributed by atoms with Gasteiger partial charge in [0.15, 0.2) is 0 Å². The topological polar surface area (TPSA) is 127 Å². The van der Waals surface area contributed by atoms with Crippen molar-refractivity contribution in [2.75, 3.05) is 41.3 Å². The molecule has 0 bridgehead atoms. The van der Waals surface area contributed by atoms with E-state index in [0.29, 0.717) is 6.42 Å². The Morgan fingerprint density at radius 3 is 2.55 bits per heavy atom. The first kappa shape index (κ1) is 20.1. The number of aromatic nitrogens is 4. The Labute approximate surface area is 167 Å². The lowest BCUT2D eigenvalue weighted by atomic mass is 10.2. The van der Waals surface area contributed by atoms with E-state index in [4.69, 9.17) is 9.90 Å². The highest BCUT2D eigenvalue weighted by Gasteiger charge is 2.21. The molecule has 0 radical (unpaired) electrons. The number of pyridine rings is 1. The predicted octanol–water partition coefficient (Wildman–Crippen LogP) is 1.73. The molecule has 0 aromatic carbocycles. The van der Waals surface area contributed by atoms with Gasteiger partial charge in [0.2, 0.25) is 5.91 Å². The summed E-state index contributed by atoms with van der Waals surface area (Å²) in [5.74, 6) is 1.89. The van der Waals surface area contributed by atoms with Crippen LogP contribution in [0.15, 0.2) is 36.9 Å². The number of carbonyl (C=O) groups excluding carboxylic acids is 1. The molecule has 0 atom stereocenters. The van der Waals surface area contributed by atoms with Crippen molar-refractivity contribution in [1.29, 1.82) is 0 Å². The van der Waals surface area contributed by atoms with Gasteiger partial charge in [0.25, 0.3) is 6.47 Å². The first-order valence-electron chi connectivity index (χ1n) is 9.28. The fourth-order valence-corrected chi connectivity index (χ4v) is 3.15. The number of H-pyrrole nitrogens is 1. The smallest absolute Gasteiger partial charge is 0.290 e. The van der Waals surface area contributed by atoms with Crippen molar-refractivity contribution in [1.82, 2.24) is 19.9 Å². The van der Waals surface area contributed by atoms with Crippen molar-refractivity contribution in [2.45, 2.75) is 13.3 Å². The van der Waals surface area contributed by atoms with Crippen molar-refractivity contribution in [3.63, 3.8) is 0 Å². The van der Waals surface area contributed by atoms with Crippen molar-refractivity contribution < 1.29 is 14.7 Å². The van der Waals surface area contributed by atoms with Crippen LogP contribution in [0.2, 0.25) is 0 Å². The molecule has 0 aliphatic carbocycles. The average Bonchev–Trinajstić information content (AvgIpc) is 3.24. The number of nitrogens with one attached hydrogen (secondary N) is 2. The summed E-state index contributed by atoms with van der Waals surface area (Å²) < 4.78 is 0. The van der Waals surface area contributed by atoms with Crippen LogP contribution in [-0.2, 0) is 9.59 Å². The Morgan fingerprint density at radius 1 is 1.17 bits per heavy atom. The molecule has 1 amide bonds. The molecular weight excluding hydrogens is 374 g/mol. The van der Waals surface area contributed by atoms with Crippen LogP contribution in [0.4, 0.5) is 17.3 Å². The normalized spacial score (nSPS) is 13.6. The lowest BCUT2D eigenvalue weighted by molar-refractivity contribution is -0.123. The summed E-state index contributed by atoms with van der Waals surface area (Å²) in [5.41, 5.74) is 1.60. The zero-order valence-electron chi connectivity index (χ0n) is 16.1. The third-order valence-electron chi connectivity index (χ3n) is 4.59. The van der Waals surface area contributed by atoms with E-state index in [1.165, 1.54) is 0 Å². The number of rotatable bonds is 4. The highest BCUT2D eigenvalue weighted by Crippen LogP contribution is 2.24. The molecule has 152 valence electrons. The second-order valence-electron chi connectivity index (χ2n) is 6.32. The average molecular weight is 397 g/mol. The van der Waals surface area contributed by atoms with E-state index in [0.717, 1.165) is 54.5 Å². The molecule has 4 heterocycles. The fourth-order valence-electron chi connectivity index (χ4n) is 3.15. The van der Waals surface area contributed by atoms with Gasteiger partial charge < -0.3 is 25.2 Å². The Hall–Kier alpha value is -3.69. The molecule has 1 aliphatic heterocycles. The fraction of sp³-hybridized carbons (Fsp3) is 0.316. The van der Waals surface area contributed by atoms with Gasteiger partial charge in [-0.15, -0.1) is 0 Å². The Kier molecular flexibility index (Phi) is 6.56. The molecule has 0 saturated carbocycles. The predicted molar refractivity (Wildman–Crippen MR) is 110 cm³/mol. The van der Waals surface area contributed by atoms with Crippen LogP contribution < -0.4 is 15.1 Å². The van der Waals surface area contributed by atoms with E-state index < -0.39 is 0 Å². The van der Waals surface area contributed by atoms with Gasteiger partial charge in [-0.3, -0.25) is 9.59 Å². The molecule has 0 spiro atoms. The minimum absolute atomic E-state index is 0.00548. The first-order valence-corrected chi connectivity index (χ1v) is 9.28. The van der Waals surface area contributed by atoms with Gasteiger partial charge in [-0.2, -0.15) is 0 Å². The number of carbonyl (C=O) groups is 2. The highest BCUT2D eigenvalue weighted by molar-refractivity contribution is 5.90. The summed E-state index contributed by atoms with van der Waals surface area (Å²) >= 11 is 0.